The van der Waals surface area contributed by atoms with Crippen LogP contribution in [0, 0.1) is 5.92 Å². The Hall–Kier alpha value is -1.35. The molecule has 20 heavy (non-hydrogen) atoms. The molecule has 110 valence electrons. The van der Waals surface area contributed by atoms with Gasteiger partial charge in [-0.25, -0.2) is 0 Å². The maximum absolute atomic E-state index is 11.5. The molecule has 1 aromatic rings. The zero-order chi connectivity index (χ0) is 14.7. The Morgan fingerprint density at radius 1 is 1.15 bits per heavy atom. The third-order valence-electron chi connectivity index (χ3n) is 4.28. The summed E-state index contributed by atoms with van der Waals surface area (Å²) in [6.07, 6.45) is 4.97. The Balaban J connectivity index is 2.12. The van der Waals surface area contributed by atoms with Crippen molar-refractivity contribution in [1.29, 1.82) is 0 Å². The zero-order valence-electron chi connectivity index (χ0n) is 12.8. The van der Waals surface area contributed by atoms with E-state index in [-0.39, 0.29) is 23.9 Å². The predicted molar refractivity (Wildman–Crippen MR) is 82.5 cm³/mol. The molecule has 0 spiro atoms. The van der Waals surface area contributed by atoms with Crippen LogP contribution in [0.1, 0.15) is 56.3 Å². The highest BCUT2D eigenvalue weighted by atomic mass is 16.1. The summed E-state index contributed by atoms with van der Waals surface area (Å²) in [5.74, 6) is -0.0719. The summed E-state index contributed by atoms with van der Waals surface area (Å²) < 4.78 is 0. The molecule has 2 unspecified atom stereocenters. The molecule has 0 aliphatic heterocycles. The van der Waals surface area contributed by atoms with Crippen LogP contribution in [0.3, 0.4) is 0 Å². The first-order chi connectivity index (χ1) is 9.49. The Morgan fingerprint density at radius 3 is 2.40 bits per heavy atom. The largest absolute Gasteiger partial charge is 0.368 e. The smallest absolute Gasteiger partial charge is 0.234 e. The van der Waals surface area contributed by atoms with Gasteiger partial charge in [0.25, 0.3) is 0 Å². The second-order valence-corrected chi connectivity index (χ2v) is 6.25. The van der Waals surface area contributed by atoms with Gasteiger partial charge >= 0.3 is 0 Å². The Kier molecular flexibility index (Phi) is 4.81. The highest BCUT2D eigenvalue weighted by Gasteiger charge is 2.22. The van der Waals surface area contributed by atoms with Crippen LogP contribution in [-0.2, 0) is 17.6 Å². The van der Waals surface area contributed by atoms with Crippen LogP contribution in [0.4, 0.5) is 0 Å². The van der Waals surface area contributed by atoms with Crippen molar-refractivity contribution in [3.05, 3.63) is 34.9 Å². The van der Waals surface area contributed by atoms with E-state index in [0.29, 0.717) is 0 Å². The topological polar surface area (TPSA) is 55.1 Å². The number of carbonyl (C=O) groups is 1. The lowest BCUT2D eigenvalue weighted by molar-refractivity contribution is -0.121. The fourth-order valence-electron chi connectivity index (χ4n) is 2.99. The fourth-order valence-corrected chi connectivity index (χ4v) is 2.99. The Bertz CT molecular complexity index is 482. The van der Waals surface area contributed by atoms with Gasteiger partial charge in [-0.1, -0.05) is 32.0 Å². The second kappa shape index (κ2) is 6.40. The molecule has 0 saturated carbocycles. The van der Waals surface area contributed by atoms with E-state index in [1.54, 1.807) is 0 Å². The van der Waals surface area contributed by atoms with Gasteiger partial charge in [-0.05, 0) is 55.2 Å². The van der Waals surface area contributed by atoms with Crippen LogP contribution in [0.25, 0.3) is 0 Å². The molecule has 3 nitrogen and oxygen atoms in total. The highest BCUT2D eigenvalue weighted by Crippen LogP contribution is 2.25. The fraction of sp³-hybridized carbons (Fsp3) is 0.588. The van der Waals surface area contributed by atoms with E-state index >= 15 is 0 Å². The molecule has 1 amide bonds. The molecule has 1 aliphatic carbocycles. The number of hydrogen-bond acceptors (Lipinski definition) is 2. The van der Waals surface area contributed by atoms with Crippen molar-refractivity contribution in [1.82, 2.24) is 5.32 Å². The van der Waals surface area contributed by atoms with Crippen molar-refractivity contribution in [2.45, 2.75) is 58.5 Å². The minimum absolute atomic E-state index is 0.141. The molecule has 0 aromatic heterocycles. The molecule has 0 heterocycles. The normalized spacial score (nSPS) is 17.6. The molecule has 1 aliphatic rings. The molecule has 0 fully saturated rings. The van der Waals surface area contributed by atoms with E-state index in [4.69, 9.17) is 5.73 Å². The van der Waals surface area contributed by atoms with Crippen molar-refractivity contribution in [2.75, 3.05) is 0 Å². The summed E-state index contributed by atoms with van der Waals surface area (Å²) in [5, 5.41) is 3.36. The summed E-state index contributed by atoms with van der Waals surface area (Å²) in [5.41, 5.74) is 9.68. The van der Waals surface area contributed by atoms with Crippen molar-refractivity contribution >= 4 is 5.91 Å². The number of fused-ring (bicyclic) bond motifs is 1. The standard InChI is InChI=1S/C17H26N2O/c1-11(2)16(17(18)20)19-12(3)14-9-8-13-6-4-5-7-15(13)10-14/h8-12,16,19H,4-7H2,1-3H3,(H2,18,20). The number of nitrogens with two attached hydrogens (primary N) is 1. The van der Waals surface area contributed by atoms with E-state index in [1.807, 2.05) is 13.8 Å². The number of benzene rings is 1. The lowest BCUT2D eigenvalue weighted by Crippen LogP contribution is -2.45. The van der Waals surface area contributed by atoms with Gasteiger partial charge < -0.3 is 5.73 Å². The number of hydrogen-bond donors (Lipinski definition) is 2. The molecule has 0 radical (unpaired) electrons. The first kappa shape index (κ1) is 15.0. The second-order valence-electron chi connectivity index (χ2n) is 6.25. The van der Waals surface area contributed by atoms with Crippen molar-refractivity contribution in [3.63, 3.8) is 0 Å². The van der Waals surface area contributed by atoms with Gasteiger partial charge in [-0.3, -0.25) is 10.1 Å². The molecule has 0 bridgehead atoms. The van der Waals surface area contributed by atoms with Crippen molar-refractivity contribution in [3.8, 4) is 0 Å². The highest BCUT2D eigenvalue weighted by molar-refractivity contribution is 5.80. The first-order valence-electron chi connectivity index (χ1n) is 7.66. The van der Waals surface area contributed by atoms with Gasteiger partial charge in [0.05, 0.1) is 6.04 Å². The third-order valence-corrected chi connectivity index (χ3v) is 4.28. The zero-order valence-corrected chi connectivity index (χ0v) is 12.8. The molecule has 3 N–H and O–H groups in total. The van der Waals surface area contributed by atoms with E-state index in [1.165, 1.54) is 42.4 Å². The summed E-state index contributed by atoms with van der Waals surface area (Å²) in [4.78, 5) is 11.5. The average molecular weight is 274 g/mol. The number of rotatable bonds is 5. The summed E-state index contributed by atoms with van der Waals surface area (Å²) in [7, 11) is 0. The number of carbonyl (C=O) groups excluding carboxylic acids is 1. The van der Waals surface area contributed by atoms with Crippen LogP contribution in [0.15, 0.2) is 18.2 Å². The number of nitrogens with one attached hydrogen (secondary N) is 1. The van der Waals surface area contributed by atoms with Gasteiger partial charge in [0, 0.05) is 6.04 Å². The van der Waals surface area contributed by atoms with Crippen LogP contribution in [-0.4, -0.2) is 11.9 Å². The van der Waals surface area contributed by atoms with E-state index < -0.39 is 0 Å². The van der Waals surface area contributed by atoms with Gasteiger partial charge in [0.2, 0.25) is 5.91 Å². The molecular formula is C17H26N2O. The lowest BCUT2D eigenvalue weighted by Gasteiger charge is -2.25. The van der Waals surface area contributed by atoms with Crippen LogP contribution < -0.4 is 11.1 Å². The maximum Gasteiger partial charge on any atom is 0.234 e. The van der Waals surface area contributed by atoms with Crippen molar-refractivity contribution < 1.29 is 4.79 Å². The Labute approximate surface area is 121 Å². The molecule has 2 rings (SSSR count). The molecular weight excluding hydrogens is 248 g/mol. The quantitative estimate of drug-likeness (QED) is 0.867. The number of aryl methyl sites for hydroxylation is 2. The van der Waals surface area contributed by atoms with Crippen LogP contribution in [0.5, 0.6) is 0 Å². The van der Waals surface area contributed by atoms with E-state index in [2.05, 4.69) is 30.4 Å². The third kappa shape index (κ3) is 3.40. The molecule has 1 aromatic carbocycles. The first-order valence-corrected chi connectivity index (χ1v) is 7.66. The average Bonchev–Trinajstić information content (AvgIpc) is 2.43. The van der Waals surface area contributed by atoms with E-state index in [0.717, 1.165) is 0 Å². The maximum atomic E-state index is 11.5. The summed E-state index contributed by atoms with van der Waals surface area (Å²) in [6, 6.07) is 6.59. The molecule has 2 atom stereocenters. The monoisotopic (exact) mass is 274 g/mol. The number of primary amides is 1. The SMILES string of the molecule is CC(NC(C(N)=O)C(C)C)c1ccc2c(c1)CCCC2. The number of amides is 1. The van der Waals surface area contributed by atoms with Crippen LogP contribution >= 0.6 is 0 Å². The summed E-state index contributed by atoms with van der Waals surface area (Å²) >= 11 is 0. The van der Waals surface area contributed by atoms with Gasteiger partial charge in [-0.15, -0.1) is 0 Å². The van der Waals surface area contributed by atoms with Gasteiger partial charge in [0.1, 0.15) is 0 Å². The minimum Gasteiger partial charge on any atom is -0.368 e. The summed E-state index contributed by atoms with van der Waals surface area (Å²) in [6.45, 7) is 6.13. The lowest BCUT2D eigenvalue weighted by atomic mass is 9.89. The van der Waals surface area contributed by atoms with Gasteiger partial charge in [-0.2, -0.15) is 0 Å². The molecule has 0 saturated heterocycles. The predicted octanol–water partition coefficient (Wildman–Crippen LogP) is 2.73. The Morgan fingerprint density at radius 2 is 1.80 bits per heavy atom. The van der Waals surface area contributed by atoms with E-state index in [9.17, 15) is 4.79 Å². The van der Waals surface area contributed by atoms with Crippen molar-refractivity contribution in [2.24, 2.45) is 11.7 Å². The minimum atomic E-state index is -0.277. The van der Waals surface area contributed by atoms with Gasteiger partial charge in [0.15, 0.2) is 0 Å². The molecule has 3 heteroatoms. The van der Waals surface area contributed by atoms with Crippen LogP contribution in [0.2, 0.25) is 0 Å².